The van der Waals surface area contributed by atoms with Gasteiger partial charge in [0, 0.05) is 5.56 Å². The minimum absolute atomic E-state index is 0.136. The minimum Gasteiger partial charge on any atom is -0.367 e. The summed E-state index contributed by atoms with van der Waals surface area (Å²) in [4.78, 5) is 3.73. The van der Waals surface area contributed by atoms with E-state index in [0.717, 1.165) is 0 Å². The van der Waals surface area contributed by atoms with Crippen molar-refractivity contribution in [2.24, 2.45) is 0 Å². The van der Waals surface area contributed by atoms with Crippen molar-refractivity contribution >= 4 is 5.95 Å². The summed E-state index contributed by atoms with van der Waals surface area (Å²) >= 11 is 0. The lowest BCUT2D eigenvalue weighted by Crippen LogP contribution is -2.03. The number of benzene rings is 1. The Balaban J connectivity index is 2.30. The standard InChI is InChI=1S/C10H8FN5/c11-9-2-1-7(4-12)3-8(9)5-16-6-14-10(13)15-16/h1-3,6H,5H2,(H2,13,15). The third-order valence-corrected chi connectivity index (χ3v) is 2.06. The molecular weight excluding hydrogens is 209 g/mol. The summed E-state index contributed by atoms with van der Waals surface area (Å²) in [5, 5.41) is 12.5. The lowest BCUT2D eigenvalue weighted by molar-refractivity contribution is 0.585. The Morgan fingerprint density at radius 2 is 2.31 bits per heavy atom. The van der Waals surface area contributed by atoms with Gasteiger partial charge in [-0.05, 0) is 18.2 Å². The first kappa shape index (κ1) is 10.1. The number of anilines is 1. The van der Waals surface area contributed by atoms with Gasteiger partial charge in [-0.2, -0.15) is 5.26 Å². The summed E-state index contributed by atoms with van der Waals surface area (Å²) in [6.45, 7) is 0.200. The molecule has 0 aliphatic rings. The number of rotatable bonds is 2. The van der Waals surface area contributed by atoms with Gasteiger partial charge in [-0.1, -0.05) is 0 Å². The maximum atomic E-state index is 13.4. The Kier molecular flexibility index (Phi) is 2.52. The van der Waals surface area contributed by atoms with Crippen LogP contribution < -0.4 is 5.73 Å². The zero-order valence-corrected chi connectivity index (χ0v) is 8.26. The fourth-order valence-corrected chi connectivity index (χ4v) is 1.33. The molecule has 2 N–H and O–H groups in total. The summed E-state index contributed by atoms with van der Waals surface area (Å²) in [5.74, 6) is -0.245. The van der Waals surface area contributed by atoms with Crippen molar-refractivity contribution in [2.45, 2.75) is 6.54 Å². The van der Waals surface area contributed by atoms with Crippen molar-refractivity contribution < 1.29 is 4.39 Å². The van der Waals surface area contributed by atoms with E-state index in [1.165, 1.54) is 29.2 Å². The molecule has 1 heterocycles. The molecule has 0 aliphatic heterocycles. The summed E-state index contributed by atoms with van der Waals surface area (Å²) in [5.41, 5.74) is 6.12. The van der Waals surface area contributed by atoms with E-state index in [2.05, 4.69) is 10.1 Å². The number of hydrogen-bond acceptors (Lipinski definition) is 4. The molecule has 0 amide bonds. The average molecular weight is 217 g/mol. The van der Waals surface area contributed by atoms with Gasteiger partial charge in [-0.25, -0.2) is 14.1 Å². The maximum Gasteiger partial charge on any atom is 0.239 e. The smallest absolute Gasteiger partial charge is 0.239 e. The Labute approximate surface area is 90.9 Å². The Hall–Kier alpha value is -2.42. The van der Waals surface area contributed by atoms with E-state index in [0.29, 0.717) is 11.1 Å². The Morgan fingerprint density at radius 3 is 2.94 bits per heavy atom. The molecule has 16 heavy (non-hydrogen) atoms. The van der Waals surface area contributed by atoms with Crippen LogP contribution in [0.1, 0.15) is 11.1 Å². The van der Waals surface area contributed by atoms with Crippen molar-refractivity contribution in [1.29, 1.82) is 5.26 Å². The van der Waals surface area contributed by atoms with Crippen LogP contribution in [-0.4, -0.2) is 14.8 Å². The predicted molar refractivity (Wildman–Crippen MR) is 54.7 cm³/mol. The lowest BCUT2D eigenvalue weighted by atomic mass is 10.1. The Bertz CT molecular complexity index is 555. The fourth-order valence-electron chi connectivity index (χ4n) is 1.33. The number of aromatic nitrogens is 3. The molecule has 2 rings (SSSR count). The summed E-state index contributed by atoms with van der Waals surface area (Å²) in [7, 11) is 0. The molecule has 0 saturated heterocycles. The van der Waals surface area contributed by atoms with E-state index < -0.39 is 0 Å². The van der Waals surface area contributed by atoms with Crippen LogP contribution in [0, 0.1) is 17.1 Å². The van der Waals surface area contributed by atoms with Gasteiger partial charge in [0.2, 0.25) is 5.95 Å². The number of nitrogen functional groups attached to an aromatic ring is 1. The van der Waals surface area contributed by atoms with E-state index in [1.54, 1.807) is 0 Å². The quantitative estimate of drug-likeness (QED) is 0.811. The minimum atomic E-state index is -0.381. The summed E-state index contributed by atoms with van der Waals surface area (Å²) in [6, 6.07) is 6.11. The molecule has 0 atom stereocenters. The number of nitriles is 1. The topological polar surface area (TPSA) is 80.5 Å². The zero-order chi connectivity index (χ0) is 11.5. The van der Waals surface area contributed by atoms with Crippen LogP contribution in [0.5, 0.6) is 0 Å². The van der Waals surface area contributed by atoms with Crippen LogP contribution in [0.4, 0.5) is 10.3 Å². The molecule has 1 aromatic carbocycles. The van der Waals surface area contributed by atoms with Gasteiger partial charge in [-0.3, -0.25) is 0 Å². The second kappa shape index (κ2) is 3.98. The highest BCUT2D eigenvalue weighted by atomic mass is 19.1. The highest BCUT2D eigenvalue weighted by Crippen LogP contribution is 2.11. The second-order valence-electron chi connectivity index (χ2n) is 3.22. The van der Waals surface area contributed by atoms with Crippen LogP contribution in [0.3, 0.4) is 0 Å². The molecule has 0 bridgehead atoms. The molecule has 0 radical (unpaired) electrons. The molecule has 6 heteroatoms. The number of hydrogen-bond donors (Lipinski definition) is 1. The van der Waals surface area contributed by atoms with E-state index in [1.807, 2.05) is 6.07 Å². The molecule has 0 spiro atoms. The molecule has 80 valence electrons. The van der Waals surface area contributed by atoms with Crippen molar-refractivity contribution in [3.63, 3.8) is 0 Å². The van der Waals surface area contributed by atoms with Gasteiger partial charge < -0.3 is 5.73 Å². The third-order valence-electron chi connectivity index (χ3n) is 2.06. The molecule has 0 unspecified atom stereocenters. The highest BCUT2D eigenvalue weighted by Gasteiger charge is 2.05. The van der Waals surface area contributed by atoms with Crippen molar-refractivity contribution in [2.75, 3.05) is 5.73 Å². The van der Waals surface area contributed by atoms with Gasteiger partial charge in [0.1, 0.15) is 12.1 Å². The van der Waals surface area contributed by atoms with E-state index >= 15 is 0 Å². The van der Waals surface area contributed by atoms with Crippen LogP contribution in [0.25, 0.3) is 0 Å². The zero-order valence-electron chi connectivity index (χ0n) is 8.26. The van der Waals surface area contributed by atoms with Gasteiger partial charge in [0.25, 0.3) is 0 Å². The fraction of sp³-hybridized carbons (Fsp3) is 0.100. The second-order valence-corrected chi connectivity index (χ2v) is 3.22. The monoisotopic (exact) mass is 217 g/mol. The molecule has 0 fully saturated rings. The molecular formula is C10H8FN5. The highest BCUT2D eigenvalue weighted by molar-refractivity contribution is 5.33. The molecule has 1 aromatic heterocycles. The molecule has 5 nitrogen and oxygen atoms in total. The van der Waals surface area contributed by atoms with E-state index in [9.17, 15) is 4.39 Å². The average Bonchev–Trinajstić information content (AvgIpc) is 2.67. The first-order valence-electron chi connectivity index (χ1n) is 4.52. The largest absolute Gasteiger partial charge is 0.367 e. The van der Waals surface area contributed by atoms with Crippen molar-refractivity contribution in [3.05, 3.63) is 41.5 Å². The molecule has 2 aromatic rings. The van der Waals surface area contributed by atoms with Gasteiger partial charge in [0.05, 0.1) is 18.2 Å². The Morgan fingerprint density at radius 1 is 1.50 bits per heavy atom. The normalized spacial score (nSPS) is 10.0. The number of nitrogens with zero attached hydrogens (tertiary/aromatic N) is 4. The molecule has 0 aliphatic carbocycles. The summed E-state index contributed by atoms with van der Waals surface area (Å²) in [6.07, 6.45) is 1.41. The van der Waals surface area contributed by atoms with E-state index in [-0.39, 0.29) is 18.3 Å². The molecule has 0 saturated carbocycles. The summed E-state index contributed by atoms with van der Waals surface area (Å²) < 4.78 is 14.8. The first-order valence-corrected chi connectivity index (χ1v) is 4.52. The maximum absolute atomic E-state index is 13.4. The van der Waals surface area contributed by atoms with Crippen molar-refractivity contribution in [3.8, 4) is 6.07 Å². The van der Waals surface area contributed by atoms with Crippen LogP contribution in [0.2, 0.25) is 0 Å². The lowest BCUT2D eigenvalue weighted by Gasteiger charge is -2.03. The van der Waals surface area contributed by atoms with Gasteiger partial charge in [-0.15, -0.1) is 5.10 Å². The van der Waals surface area contributed by atoms with Gasteiger partial charge in [0.15, 0.2) is 0 Å². The first-order chi connectivity index (χ1) is 7.69. The van der Waals surface area contributed by atoms with Crippen molar-refractivity contribution in [1.82, 2.24) is 14.8 Å². The predicted octanol–water partition coefficient (Wildman–Crippen LogP) is 0.919. The van der Waals surface area contributed by atoms with Crippen LogP contribution in [0.15, 0.2) is 24.5 Å². The number of halogens is 1. The SMILES string of the molecule is N#Cc1ccc(F)c(Cn2cnc(N)n2)c1. The van der Waals surface area contributed by atoms with Crippen LogP contribution in [-0.2, 0) is 6.54 Å². The number of nitrogens with two attached hydrogens (primary N) is 1. The van der Waals surface area contributed by atoms with E-state index in [4.69, 9.17) is 11.0 Å². The van der Waals surface area contributed by atoms with Crippen LogP contribution >= 0.6 is 0 Å². The van der Waals surface area contributed by atoms with Gasteiger partial charge >= 0.3 is 0 Å². The third kappa shape index (κ3) is 1.98.